The Kier molecular flexibility index (Phi) is 5.09. The number of alkyl halides is 2. The van der Waals surface area contributed by atoms with Gasteiger partial charge in [0.05, 0.1) is 43.1 Å². The molecule has 0 aliphatic heterocycles. The fraction of sp³-hybridized carbons (Fsp3) is 0.240. The molecular formula is C25H20F4N6O. The molecule has 36 heavy (non-hydrogen) atoms. The summed E-state index contributed by atoms with van der Waals surface area (Å²) in [6, 6.07) is 6.65. The number of nitrogens with one attached hydrogen (secondary N) is 1. The molecule has 5 aromatic heterocycles. The molecule has 0 saturated heterocycles. The summed E-state index contributed by atoms with van der Waals surface area (Å²) < 4.78 is 65.0. The van der Waals surface area contributed by atoms with E-state index in [4.69, 9.17) is 4.74 Å². The van der Waals surface area contributed by atoms with Gasteiger partial charge in [0.1, 0.15) is 28.5 Å². The van der Waals surface area contributed by atoms with Crippen LogP contribution in [0.5, 0.6) is 5.75 Å². The monoisotopic (exact) mass is 496 g/mol. The zero-order valence-corrected chi connectivity index (χ0v) is 19.1. The Hall–Kier alpha value is -4.15. The summed E-state index contributed by atoms with van der Waals surface area (Å²) in [6.45, 7) is 0. The number of methoxy groups -OCH3 is 1. The van der Waals surface area contributed by atoms with Gasteiger partial charge in [0, 0.05) is 35.9 Å². The van der Waals surface area contributed by atoms with Crippen molar-refractivity contribution in [3.8, 4) is 28.3 Å². The van der Waals surface area contributed by atoms with Crippen LogP contribution in [0, 0.1) is 11.6 Å². The van der Waals surface area contributed by atoms with E-state index in [0.717, 1.165) is 16.8 Å². The fourth-order valence-corrected chi connectivity index (χ4v) is 4.75. The molecule has 1 fully saturated rings. The number of pyridine rings is 3. The van der Waals surface area contributed by atoms with Crippen LogP contribution >= 0.6 is 0 Å². The third-order valence-corrected chi connectivity index (χ3v) is 6.50. The van der Waals surface area contributed by atoms with E-state index in [9.17, 15) is 17.6 Å². The minimum Gasteiger partial charge on any atom is -0.496 e. The van der Waals surface area contributed by atoms with Crippen molar-refractivity contribution in [2.24, 2.45) is 0 Å². The van der Waals surface area contributed by atoms with Crippen LogP contribution in [0.2, 0.25) is 0 Å². The number of fused-ring (bicyclic) bond motifs is 2. The predicted octanol–water partition coefficient (Wildman–Crippen LogP) is 5.60. The molecule has 11 heteroatoms. The molecule has 1 atom stereocenters. The van der Waals surface area contributed by atoms with Gasteiger partial charge in [-0.3, -0.25) is 4.40 Å². The summed E-state index contributed by atoms with van der Waals surface area (Å²) in [4.78, 5) is 8.98. The summed E-state index contributed by atoms with van der Waals surface area (Å²) in [7, 11) is 1.48. The van der Waals surface area contributed by atoms with Gasteiger partial charge in [-0.15, -0.1) is 0 Å². The highest BCUT2D eigenvalue weighted by Crippen LogP contribution is 2.38. The van der Waals surface area contributed by atoms with Crippen LogP contribution in [-0.2, 0) is 0 Å². The van der Waals surface area contributed by atoms with Crippen molar-refractivity contribution in [3.63, 3.8) is 0 Å². The predicted molar refractivity (Wildman–Crippen MR) is 125 cm³/mol. The first-order valence-corrected chi connectivity index (χ1v) is 11.3. The van der Waals surface area contributed by atoms with Crippen molar-refractivity contribution in [3.05, 3.63) is 66.8 Å². The standard InChI is InChI=1S/C25H20F4N6O/c1-36-20-9-23-30-11-19(18-4-2-6-22(32-18)33-21-5-3-7-25(21,28)29)34(23)13-16(20)15-10-31-35-12-14(26)8-17(27)24(15)35/h2,4,6,8-13,21H,3,5,7H2,1H3,(H,32,33). The van der Waals surface area contributed by atoms with E-state index >= 15 is 0 Å². The number of aromatic nitrogens is 5. The first-order chi connectivity index (χ1) is 17.3. The molecule has 1 aliphatic carbocycles. The molecule has 184 valence electrons. The highest BCUT2D eigenvalue weighted by molar-refractivity contribution is 5.85. The Morgan fingerprint density at radius 2 is 1.97 bits per heavy atom. The first-order valence-electron chi connectivity index (χ1n) is 11.3. The lowest BCUT2D eigenvalue weighted by atomic mass is 10.1. The van der Waals surface area contributed by atoms with Crippen molar-refractivity contribution in [2.45, 2.75) is 31.2 Å². The smallest absolute Gasteiger partial charge is 0.267 e. The topological polar surface area (TPSA) is 68.8 Å². The van der Waals surface area contributed by atoms with Gasteiger partial charge in [-0.25, -0.2) is 32.0 Å². The van der Waals surface area contributed by atoms with Gasteiger partial charge in [0.2, 0.25) is 0 Å². The number of nitrogens with zero attached hydrogens (tertiary/aromatic N) is 5. The molecule has 0 bridgehead atoms. The van der Waals surface area contributed by atoms with Crippen LogP contribution in [0.1, 0.15) is 19.3 Å². The Balaban J connectivity index is 1.45. The SMILES string of the molecule is COc1cc2ncc(-c3cccc(NC4CCCC4(F)F)n3)n2cc1-c1cnn2cc(F)cc(F)c12. The summed E-state index contributed by atoms with van der Waals surface area (Å²) in [5.74, 6) is -3.53. The first kappa shape index (κ1) is 22.3. The number of hydrogen-bond donors (Lipinski definition) is 1. The largest absolute Gasteiger partial charge is 0.496 e. The normalized spacial score (nSPS) is 17.2. The molecule has 1 saturated carbocycles. The maximum absolute atomic E-state index is 14.7. The van der Waals surface area contributed by atoms with Gasteiger partial charge in [-0.2, -0.15) is 5.10 Å². The van der Waals surface area contributed by atoms with Crippen LogP contribution in [0.4, 0.5) is 23.4 Å². The lowest BCUT2D eigenvalue weighted by Crippen LogP contribution is -2.34. The van der Waals surface area contributed by atoms with Crippen molar-refractivity contribution < 1.29 is 22.3 Å². The van der Waals surface area contributed by atoms with Crippen molar-refractivity contribution in [1.29, 1.82) is 0 Å². The molecule has 5 heterocycles. The Morgan fingerprint density at radius 1 is 1.11 bits per heavy atom. The maximum atomic E-state index is 14.7. The second-order valence-electron chi connectivity index (χ2n) is 8.74. The second-order valence-corrected chi connectivity index (χ2v) is 8.74. The number of imidazole rings is 1. The number of anilines is 1. The van der Waals surface area contributed by atoms with Crippen LogP contribution in [-0.4, -0.2) is 43.1 Å². The molecule has 0 radical (unpaired) electrons. The zero-order chi connectivity index (χ0) is 25.0. The molecule has 6 rings (SSSR count). The van der Waals surface area contributed by atoms with Crippen molar-refractivity contribution in [1.82, 2.24) is 24.0 Å². The molecule has 0 spiro atoms. The Labute approximate surface area is 202 Å². The van der Waals surface area contributed by atoms with Crippen LogP contribution < -0.4 is 10.1 Å². The number of hydrogen-bond acceptors (Lipinski definition) is 5. The van der Waals surface area contributed by atoms with Gasteiger partial charge < -0.3 is 10.1 Å². The minimum absolute atomic E-state index is 0.0949. The number of rotatable bonds is 5. The zero-order valence-electron chi connectivity index (χ0n) is 19.1. The highest BCUT2D eigenvalue weighted by atomic mass is 19.3. The minimum atomic E-state index is -2.78. The number of ether oxygens (including phenoxy) is 1. The van der Waals surface area contributed by atoms with E-state index < -0.39 is 23.6 Å². The third-order valence-electron chi connectivity index (χ3n) is 6.50. The van der Waals surface area contributed by atoms with Crippen molar-refractivity contribution >= 4 is 17.0 Å². The van der Waals surface area contributed by atoms with E-state index in [-0.39, 0.29) is 11.9 Å². The van der Waals surface area contributed by atoms with Gasteiger partial charge in [-0.1, -0.05) is 6.07 Å². The summed E-state index contributed by atoms with van der Waals surface area (Å²) >= 11 is 0. The third kappa shape index (κ3) is 3.62. The lowest BCUT2D eigenvalue weighted by Gasteiger charge is -2.21. The van der Waals surface area contributed by atoms with E-state index in [1.165, 1.54) is 13.3 Å². The van der Waals surface area contributed by atoms with Gasteiger partial charge >= 0.3 is 0 Å². The summed E-state index contributed by atoms with van der Waals surface area (Å²) in [6.07, 6.45) is 6.54. The molecule has 0 aromatic carbocycles. The molecule has 1 unspecified atom stereocenters. The Bertz CT molecular complexity index is 1610. The number of halogens is 4. The van der Waals surface area contributed by atoms with Crippen LogP contribution in [0.25, 0.3) is 33.7 Å². The summed E-state index contributed by atoms with van der Waals surface area (Å²) in [5.41, 5.74) is 2.65. The highest BCUT2D eigenvalue weighted by Gasteiger charge is 2.43. The van der Waals surface area contributed by atoms with E-state index in [0.29, 0.717) is 52.6 Å². The van der Waals surface area contributed by atoms with E-state index in [2.05, 4.69) is 20.4 Å². The average molecular weight is 496 g/mol. The maximum Gasteiger partial charge on any atom is 0.267 e. The molecule has 5 aromatic rings. The van der Waals surface area contributed by atoms with Gasteiger partial charge in [0.15, 0.2) is 5.82 Å². The van der Waals surface area contributed by atoms with Crippen LogP contribution in [0.3, 0.4) is 0 Å². The summed E-state index contributed by atoms with van der Waals surface area (Å²) in [5, 5.41) is 6.96. The van der Waals surface area contributed by atoms with Gasteiger partial charge in [-0.05, 0) is 25.0 Å². The lowest BCUT2D eigenvalue weighted by molar-refractivity contribution is -0.000687. The fourth-order valence-electron chi connectivity index (χ4n) is 4.75. The molecule has 7 nitrogen and oxygen atoms in total. The van der Waals surface area contributed by atoms with E-state index in [1.54, 1.807) is 41.1 Å². The van der Waals surface area contributed by atoms with E-state index in [1.807, 2.05) is 0 Å². The molecular weight excluding hydrogens is 476 g/mol. The molecule has 0 amide bonds. The second kappa shape index (κ2) is 8.21. The quantitative estimate of drug-likeness (QED) is 0.321. The average Bonchev–Trinajstić information content (AvgIpc) is 3.55. The van der Waals surface area contributed by atoms with Gasteiger partial charge in [0.25, 0.3) is 5.92 Å². The Morgan fingerprint density at radius 3 is 2.75 bits per heavy atom. The van der Waals surface area contributed by atoms with Crippen LogP contribution in [0.15, 0.2) is 55.1 Å². The molecule has 1 aliphatic rings. The molecule has 1 N–H and O–H groups in total. The van der Waals surface area contributed by atoms with Crippen molar-refractivity contribution in [2.75, 3.05) is 12.4 Å².